The van der Waals surface area contributed by atoms with E-state index in [9.17, 15) is 19.8 Å². The number of carboxylic acids is 1. The van der Waals surface area contributed by atoms with E-state index in [0.717, 1.165) is 0 Å². The van der Waals surface area contributed by atoms with Crippen molar-refractivity contribution in [1.82, 2.24) is 9.97 Å². The Hall–Kier alpha value is -3.63. The molecule has 0 radical (unpaired) electrons. The molecule has 0 fully saturated rings. The zero-order valence-electron chi connectivity index (χ0n) is 17.6. The zero-order chi connectivity index (χ0) is 21.8. The Morgan fingerprint density at radius 3 is 2.47 bits per heavy atom. The molecule has 0 aliphatic rings. The van der Waals surface area contributed by atoms with Crippen LogP contribution in [0.2, 0.25) is 0 Å². The van der Waals surface area contributed by atoms with Crippen molar-refractivity contribution in [2.75, 3.05) is 18.5 Å². The summed E-state index contributed by atoms with van der Waals surface area (Å²) < 4.78 is 10.8. The fourth-order valence-electron chi connectivity index (χ4n) is 2.92. The lowest BCUT2D eigenvalue weighted by molar-refractivity contribution is 0.0526. The number of aromatic nitrogens is 2. The number of hydrogen-bond acceptors (Lipinski definition) is 8. The lowest BCUT2D eigenvalue weighted by Gasteiger charge is -2.16. The monoisotopic (exact) mass is 465 g/mol. The molecule has 11 heteroatoms. The molecule has 0 saturated carbocycles. The molecule has 0 spiro atoms. The number of nitrogens with zero attached hydrogens (tertiary/aromatic N) is 2. The van der Waals surface area contributed by atoms with Crippen LogP contribution in [0, 0.1) is 6.92 Å². The number of esters is 1. The van der Waals surface area contributed by atoms with Gasteiger partial charge in [0.15, 0.2) is 5.65 Å². The number of carbonyl (C=O) groups is 2. The van der Waals surface area contributed by atoms with E-state index >= 15 is 0 Å². The highest BCUT2D eigenvalue weighted by Crippen LogP contribution is 2.33. The molecule has 2 aromatic heterocycles. The molecule has 0 bridgehead atoms. The van der Waals surface area contributed by atoms with E-state index in [1.165, 1.54) is 24.4 Å². The van der Waals surface area contributed by atoms with Crippen LogP contribution in [-0.4, -0.2) is 50.8 Å². The summed E-state index contributed by atoms with van der Waals surface area (Å²) in [5.41, 5.74) is 1.59. The highest BCUT2D eigenvalue weighted by Gasteiger charge is 2.20. The first-order chi connectivity index (χ1) is 14.3. The number of carboxylic acid groups (broad SMARTS) is 1. The van der Waals surface area contributed by atoms with Crippen LogP contribution in [0.5, 0.6) is 11.5 Å². The van der Waals surface area contributed by atoms with Crippen LogP contribution in [0.25, 0.3) is 11.0 Å². The lowest BCUT2D eigenvalue weighted by atomic mass is 10.1. The molecule has 0 aliphatic carbocycles. The summed E-state index contributed by atoms with van der Waals surface area (Å²) in [5.74, 6) is -1.70. The SMILES string of the molecule is CCOC(=O)c1cnc2nc(C)c(OCC)cc2c1Nc1ccc(O)c(C(=O)O)c1.Cl.O. The number of fused-ring (bicyclic) bond motifs is 1. The van der Waals surface area contributed by atoms with Crippen LogP contribution in [-0.2, 0) is 4.74 Å². The normalized spacial score (nSPS) is 9.97. The number of benzene rings is 1. The summed E-state index contributed by atoms with van der Waals surface area (Å²) >= 11 is 0. The number of pyridine rings is 2. The molecular weight excluding hydrogens is 442 g/mol. The minimum Gasteiger partial charge on any atom is -0.507 e. The third-order valence-electron chi connectivity index (χ3n) is 4.29. The molecule has 1 aromatic carbocycles. The van der Waals surface area contributed by atoms with Crippen molar-refractivity contribution in [2.24, 2.45) is 0 Å². The van der Waals surface area contributed by atoms with Crippen molar-refractivity contribution in [3.63, 3.8) is 0 Å². The topological polar surface area (TPSA) is 162 Å². The van der Waals surface area contributed by atoms with Gasteiger partial charge < -0.3 is 30.5 Å². The first-order valence-electron chi connectivity index (χ1n) is 9.29. The van der Waals surface area contributed by atoms with Gasteiger partial charge in [0, 0.05) is 17.3 Å². The van der Waals surface area contributed by atoms with Gasteiger partial charge in [0.1, 0.15) is 22.6 Å². The second-order valence-corrected chi connectivity index (χ2v) is 6.31. The van der Waals surface area contributed by atoms with Gasteiger partial charge in [-0.25, -0.2) is 19.6 Å². The van der Waals surface area contributed by atoms with Gasteiger partial charge in [-0.2, -0.15) is 0 Å². The van der Waals surface area contributed by atoms with Gasteiger partial charge in [-0.1, -0.05) is 0 Å². The van der Waals surface area contributed by atoms with Crippen molar-refractivity contribution < 1.29 is 34.8 Å². The van der Waals surface area contributed by atoms with E-state index in [1.807, 2.05) is 6.92 Å². The number of ether oxygens (including phenoxy) is 2. The fraction of sp³-hybridized carbons (Fsp3) is 0.238. The van der Waals surface area contributed by atoms with E-state index in [1.54, 1.807) is 19.9 Å². The minimum absolute atomic E-state index is 0. The van der Waals surface area contributed by atoms with Gasteiger partial charge in [-0.15, -0.1) is 12.4 Å². The Bertz CT molecular complexity index is 1140. The van der Waals surface area contributed by atoms with Gasteiger partial charge >= 0.3 is 11.9 Å². The molecule has 172 valence electrons. The Morgan fingerprint density at radius 2 is 1.84 bits per heavy atom. The summed E-state index contributed by atoms with van der Waals surface area (Å²) in [7, 11) is 0. The summed E-state index contributed by atoms with van der Waals surface area (Å²) in [6.45, 7) is 5.94. The van der Waals surface area contributed by atoms with Gasteiger partial charge in [-0.3, -0.25) is 0 Å². The van der Waals surface area contributed by atoms with E-state index in [2.05, 4.69) is 15.3 Å². The van der Waals surface area contributed by atoms with Crippen LogP contribution in [0.1, 0.15) is 40.3 Å². The van der Waals surface area contributed by atoms with Crippen molar-refractivity contribution in [2.45, 2.75) is 20.8 Å². The minimum atomic E-state index is -1.28. The van der Waals surface area contributed by atoms with Gasteiger partial charge in [0.05, 0.1) is 24.6 Å². The average Bonchev–Trinajstić information content (AvgIpc) is 2.70. The molecule has 2 heterocycles. The second-order valence-electron chi connectivity index (χ2n) is 6.31. The number of aromatic hydroxyl groups is 1. The van der Waals surface area contributed by atoms with Crippen LogP contribution < -0.4 is 10.1 Å². The molecule has 0 aliphatic heterocycles. The number of aromatic carboxylic acids is 1. The van der Waals surface area contributed by atoms with Crippen molar-refractivity contribution in [3.8, 4) is 11.5 Å². The van der Waals surface area contributed by atoms with Gasteiger partial charge in [-0.05, 0) is 45.0 Å². The van der Waals surface area contributed by atoms with E-state index in [4.69, 9.17) is 9.47 Å². The second kappa shape index (κ2) is 11.1. The van der Waals surface area contributed by atoms with Crippen LogP contribution in [0.3, 0.4) is 0 Å². The van der Waals surface area contributed by atoms with Crippen LogP contribution in [0.4, 0.5) is 11.4 Å². The molecular formula is C21H24ClN3O7. The number of aryl methyl sites for hydroxylation is 1. The molecule has 0 atom stereocenters. The van der Waals surface area contributed by atoms with E-state index in [-0.39, 0.29) is 41.4 Å². The highest BCUT2D eigenvalue weighted by atomic mass is 35.5. The Morgan fingerprint density at radius 1 is 1.12 bits per heavy atom. The van der Waals surface area contributed by atoms with Gasteiger partial charge in [0.2, 0.25) is 0 Å². The fourth-order valence-corrected chi connectivity index (χ4v) is 2.92. The maximum Gasteiger partial charge on any atom is 0.341 e. The largest absolute Gasteiger partial charge is 0.507 e. The standard InChI is InChI=1S/C21H21N3O6.ClH.H2O/c1-4-29-17-9-14-18(24-12-6-7-16(25)13(8-12)20(26)27)15(21(28)30-5-2)10-22-19(14)23-11(17)3;;/h6-10,25H,4-5H2,1-3H3,(H,26,27)(H,22,23,24);1H;1H2. The average molecular weight is 466 g/mol. The quantitative estimate of drug-likeness (QED) is 0.351. The Balaban J connectivity index is 0.00000256. The van der Waals surface area contributed by atoms with E-state index < -0.39 is 11.9 Å². The van der Waals surface area contributed by atoms with Crippen LogP contribution in [0.15, 0.2) is 30.5 Å². The van der Waals surface area contributed by atoms with Crippen molar-refractivity contribution in [3.05, 3.63) is 47.3 Å². The summed E-state index contributed by atoms with van der Waals surface area (Å²) in [6.07, 6.45) is 1.36. The smallest absolute Gasteiger partial charge is 0.341 e. The molecule has 10 nitrogen and oxygen atoms in total. The molecule has 0 unspecified atom stereocenters. The zero-order valence-corrected chi connectivity index (χ0v) is 18.4. The number of hydrogen-bond donors (Lipinski definition) is 3. The number of nitrogens with one attached hydrogen (secondary N) is 1. The molecule has 3 rings (SSSR count). The molecule has 32 heavy (non-hydrogen) atoms. The predicted octanol–water partition coefficient (Wildman–Crippen LogP) is 3.26. The van der Waals surface area contributed by atoms with E-state index in [0.29, 0.717) is 40.5 Å². The first-order valence-corrected chi connectivity index (χ1v) is 9.29. The summed E-state index contributed by atoms with van der Waals surface area (Å²) in [6, 6.07) is 5.74. The first kappa shape index (κ1) is 26.4. The summed E-state index contributed by atoms with van der Waals surface area (Å²) in [4.78, 5) is 32.6. The number of rotatable bonds is 7. The Kier molecular flexibility index (Phi) is 9.18. The lowest BCUT2D eigenvalue weighted by Crippen LogP contribution is -2.10. The predicted molar refractivity (Wildman–Crippen MR) is 121 cm³/mol. The number of halogens is 1. The molecule has 0 saturated heterocycles. The summed E-state index contributed by atoms with van der Waals surface area (Å²) in [5, 5.41) is 22.6. The highest BCUT2D eigenvalue weighted by molar-refractivity contribution is 6.06. The Labute approximate surface area is 189 Å². The van der Waals surface area contributed by atoms with Crippen LogP contribution >= 0.6 is 12.4 Å². The number of phenols is 1. The molecule has 3 aromatic rings. The third-order valence-corrected chi connectivity index (χ3v) is 4.29. The maximum atomic E-state index is 12.5. The van der Waals surface area contributed by atoms with Gasteiger partial charge in [0.25, 0.3) is 0 Å². The maximum absolute atomic E-state index is 12.5. The molecule has 5 N–H and O–H groups in total. The third kappa shape index (κ3) is 5.34. The van der Waals surface area contributed by atoms with Crippen molar-refractivity contribution >= 4 is 46.8 Å². The number of anilines is 2. The number of carbonyl (C=O) groups excluding carboxylic acids is 1. The molecule has 0 amide bonds. The van der Waals surface area contributed by atoms with Crippen molar-refractivity contribution in [1.29, 1.82) is 0 Å².